The molecule has 0 aliphatic heterocycles. The summed E-state index contributed by atoms with van der Waals surface area (Å²) in [6.07, 6.45) is 0. The van der Waals surface area contributed by atoms with E-state index in [1.165, 1.54) is 13.2 Å². The average Bonchev–Trinajstić information content (AvgIpc) is 3.03. The molecule has 0 radical (unpaired) electrons. The molecule has 0 fully saturated rings. The first-order chi connectivity index (χ1) is 13.4. The number of hydrogen-bond donors (Lipinski definition) is 1. The van der Waals surface area contributed by atoms with Gasteiger partial charge in [0.15, 0.2) is 0 Å². The lowest BCUT2D eigenvalue weighted by Gasteiger charge is -2.11. The van der Waals surface area contributed by atoms with Gasteiger partial charge in [-0.1, -0.05) is 17.7 Å². The fourth-order valence-electron chi connectivity index (χ4n) is 2.67. The number of carbonyl (C=O) groups excluding carboxylic acids is 1. The Bertz CT molecular complexity index is 1010. The third-order valence-corrected chi connectivity index (χ3v) is 5.62. The molecule has 0 aliphatic rings. The first-order valence-electron chi connectivity index (χ1n) is 8.09. The Hall–Kier alpha value is -2.58. The minimum atomic E-state index is -2.98. The molecule has 0 unspecified atom stereocenters. The summed E-state index contributed by atoms with van der Waals surface area (Å²) in [6.45, 7) is -2.79. The summed E-state index contributed by atoms with van der Waals surface area (Å²) in [5, 5.41) is 3.14. The van der Waals surface area contributed by atoms with Crippen LogP contribution in [0.25, 0.3) is 10.1 Å². The van der Waals surface area contributed by atoms with Crippen LogP contribution >= 0.6 is 22.9 Å². The van der Waals surface area contributed by atoms with E-state index in [1.54, 1.807) is 37.4 Å². The van der Waals surface area contributed by atoms with Crippen LogP contribution in [0.4, 0.5) is 8.78 Å². The van der Waals surface area contributed by atoms with Crippen molar-refractivity contribution < 1.29 is 27.8 Å². The quantitative estimate of drug-likeness (QED) is 0.569. The number of amides is 1. The van der Waals surface area contributed by atoms with Gasteiger partial charge >= 0.3 is 6.61 Å². The second-order valence-electron chi connectivity index (χ2n) is 5.61. The van der Waals surface area contributed by atoms with Crippen molar-refractivity contribution >= 4 is 38.9 Å². The molecule has 0 atom stereocenters. The zero-order valence-electron chi connectivity index (χ0n) is 14.9. The van der Waals surface area contributed by atoms with Crippen molar-refractivity contribution in [3.63, 3.8) is 0 Å². The van der Waals surface area contributed by atoms with Gasteiger partial charge in [-0.25, -0.2) is 0 Å². The molecule has 3 aromatic rings. The molecule has 9 heteroatoms. The molecule has 1 N–H and O–H groups in total. The molecule has 148 valence electrons. The molecular formula is C19H16ClF2NO4S. The minimum absolute atomic E-state index is 0.0652. The van der Waals surface area contributed by atoms with Gasteiger partial charge in [0.25, 0.3) is 5.91 Å². The highest BCUT2D eigenvalue weighted by Gasteiger charge is 2.21. The lowest BCUT2D eigenvalue weighted by atomic mass is 10.2. The van der Waals surface area contributed by atoms with Crippen LogP contribution in [0, 0.1) is 0 Å². The fourth-order valence-corrected chi connectivity index (χ4v) is 4.15. The normalized spacial score (nSPS) is 10.9. The third-order valence-electron chi connectivity index (χ3n) is 3.97. The molecule has 0 aliphatic carbocycles. The number of methoxy groups -OCH3 is 2. The van der Waals surface area contributed by atoms with Gasteiger partial charge in [-0.2, -0.15) is 8.78 Å². The summed E-state index contributed by atoms with van der Waals surface area (Å²) in [5.74, 6) is 0.706. The van der Waals surface area contributed by atoms with Gasteiger partial charge in [0.05, 0.1) is 24.6 Å². The Balaban J connectivity index is 1.84. The number of halogens is 3. The number of ether oxygens (including phenoxy) is 3. The van der Waals surface area contributed by atoms with E-state index in [0.717, 1.165) is 16.9 Å². The molecule has 0 saturated heterocycles. The second kappa shape index (κ2) is 8.62. The number of thiophene rings is 1. The summed E-state index contributed by atoms with van der Waals surface area (Å²) < 4.78 is 40.8. The summed E-state index contributed by atoms with van der Waals surface area (Å²) in [6, 6.07) is 9.88. The Morgan fingerprint density at radius 3 is 2.64 bits per heavy atom. The number of benzene rings is 2. The van der Waals surface area contributed by atoms with Crippen LogP contribution in [0.3, 0.4) is 0 Å². The molecule has 2 aromatic carbocycles. The van der Waals surface area contributed by atoms with Crippen molar-refractivity contribution in [1.82, 2.24) is 5.32 Å². The number of alkyl halides is 2. The van der Waals surface area contributed by atoms with Crippen molar-refractivity contribution in [2.24, 2.45) is 0 Å². The first kappa shape index (κ1) is 20.2. The zero-order chi connectivity index (χ0) is 20.3. The van der Waals surface area contributed by atoms with E-state index in [4.69, 9.17) is 21.1 Å². The van der Waals surface area contributed by atoms with E-state index in [0.29, 0.717) is 21.6 Å². The van der Waals surface area contributed by atoms with Gasteiger partial charge in [0.2, 0.25) is 0 Å². The number of rotatable bonds is 7. The average molecular weight is 428 g/mol. The van der Waals surface area contributed by atoms with Crippen LogP contribution < -0.4 is 19.5 Å². The molecule has 3 rings (SSSR count). The molecule has 1 amide bonds. The molecule has 1 aromatic heterocycles. The van der Waals surface area contributed by atoms with E-state index >= 15 is 0 Å². The SMILES string of the molecule is COc1ccc(CNC(=O)c2sc3cccc(OC(F)F)c3c2Cl)c(OC)c1. The lowest BCUT2D eigenvalue weighted by Crippen LogP contribution is -2.22. The van der Waals surface area contributed by atoms with Gasteiger partial charge in [-0.3, -0.25) is 4.79 Å². The molecule has 0 spiro atoms. The van der Waals surface area contributed by atoms with Crippen LogP contribution in [0.5, 0.6) is 17.2 Å². The van der Waals surface area contributed by atoms with Crippen molar-refractivity contribution in [2.45, 2.75) is 13.2 Å². The van der Waals surface area contributed by atoms with Crippen molar-refractivity contribution in [3.05, 3.63) is 51.9 Å². The van der Waals surface area contributed by atoms with Gasteiger partial charge in [0, 0.05) is 22.9 Å². The highest BCUT2D eigenvalue weighted by atomic mass is 35.5. The number of carbonyl (C=O) groups is 1. The van der Waals surface area contributed by atoms with Crippen molar-refractivity contribution in [1.29, 1.82) is 0 Å². The largest absolute Gasteiger partial charge is 0.497 e. The zero-order valence-corrected chi connectivity index (χ0v) is 16.5. The van der Waals surface area contributed by atoms with Gasteiger partial charge in [0.1, 0.15) is 22.1 Å². The second-order valence-corrected chi connectivity index (χ2v) is 7.04. The predicted octanol–water partition coefficient (Wildman–Crippen LogP) is 5.10. The van der Waals surface area contributed by atoms with E-state index < -0.39 is 12.5 Å². The van der Waals surface area contributed by atoms with Crippen molar-refractivity contribution in [3.8, 4) is 17.2 Å². The molecule has 0 bridgehead atoms. The summed E-state index contributed by atoms with van der Waals surface area (Å²) in [7, 11) is 3.07. The maximum Gasteiger partial charge on any atom is 0.387 e. The number of hydrogen-bond acceptors (Lipinski definition) is 5. The van der Waals surface area contributed by atoms with Crippen LogP contribution in [-0.2, 0) is 6.54 Å². The number of nitrogens with one attached hydrogen (secondary N) is 1. The Kier molecular flexibility index (Phi) is 6.21. The van der Waals surface area contributed by atoms with E-state index in [1.807, 2.05) is 0 Å². The molecule has 28 heavy (non-hydrogen) atoms. The maximum absolute atomic E-state index is 12.6. The van der Waals surface area contributed by atoms with Crippen LogP contribution in [0.15, 0.2) is 36.4 Å². The van der Waals surface area contributed by atoms with Gasteiger partial charge < -0.3 is 19.5 Å². The van der Waals surface area contributed by atoms with E-state index in [-0.39, 0.29) is 22.2 Å². The smallest absolute Gasteiger partial charge is 0.387 e. The van der Waals surface area contributed by atoms with Crippen LogP contribution in [-0.4, -0.2) is 26.7 Å². The highest BCUT2D eigenvalue weighted by molar-refractivity contribution is 7.21. The van der Waals surface area contributed by atoms with E-state index in [9.17, 15) is 13.6 Å². The molecule has 5 nitrogen and oxygen atoms in total. The highest BCUT2D eigenvalue weighted by Crippen LogP contribution is 2.41. The summed E-state index contributed by atoms with van der Waals surface area (Å²) >= 11 is 7.41. The third kappa shape index (κ3) is 4.13. The van der Waals surface area contributed by atoms with E-state index in [2.05, 4.69) is 10.1 Å². The van der Waals surface area contributed by atoms with Gasteiger partial charge in [-0.05, 0) is 24.3 Å². The summed E-state index contributed by atoms with van der Waals surface area (Å²) in [5.41, 5.74) is 0.746. The first-order valence-corrected chi connectivity index (χ1v) is 9.29. The number of fused-ring (bicyclic) bond motifs is 1. The minimum Gasteiger partial charge on any atom is -0.497 e. The monoisotopic (exact) mass is 427 g/mol. The standard InChI is InChI=1S/C19H16ClF2NO4S/c1-25-11-7-6-10(13(8-11)26-2)9-23-18(24)17-16(20)15-12(27-19(21)22)4-3-5-14(15)28-17/h3-8,19H,9H2,1-2H3,(H,23,24). The van der Waals surface area contributed by atoms with Crippen LogP contribution in [0.2, 0.25) is 5.02 Å². The fraction of sp³-hybridized carbons (Fsp3) is 0.211. The Morgan fingerprint density at radius 1 is 1.18 bits per heavy atom. The molecule has 1 heterocycles. The van der Waals surface area contributed by atoms with Crippen LogP contribution in [0.1, 0.15) is 15.2 Å². The van der Waals surface area contributed by atoms with Gasteiger partial charge in [-0.15, -0.1) is 11.3 Å². The maximum atomic E-state index is 12.6. The lowest BCUT2D eigenvalue weighted by molar-refractivity contribution is -0.0487. The molecule has 0 saturated carbocycles. The predicted molar refractivity (Wildman–Crippen MR) is 104 cm³/mol. The Labute approximate surface area is 168 Å². The summed E-state index contributed by atoms with van der Waals surface area (Å²) in [4.78, 5) is 12.8. The van der Waals surface area contributed by atoms with Crippen molar-refractivity contribution in [2.75, 3.05) is 14.2 Å². The Morgan fingerprint density at radius 2 is 1.96 bits per heavy atom. The topological polar surface area (TPSA) is 56.8 Å². The molecular weight excluding hydrogens is 412 g/mol.